The fourth-order valence-corrected chi connectivity index (χ4v) is 2.11. The van der Waals surface area contributed by atoms with E-state index in [0.717, 1.165) is 18.0 Å². The second-order valence-corrected chi connectivity index (χ2v) is 4.00. The van der Waals surface area contributed by atoms with Crippen LogP contribution < -0.4 is 10.6 Å². The summed E-state index contributed by atoms with van der Waals surface area (Å²) in [5, 5.41) is 6.57. The van der Waals surface area contributed by atoms with E-state index in [1.54, 1.807) is 0 Å². The normalized spacial score (nSPS) is 19.4. The van der Waals surface area contributed by atoms with Crippen LogP contribution in [-0.4, -0.2) is 18.1 Å². The molecule has 0 spiro atoms. The maximum Gasteiger partial charge on any atom is 0.183 e. The van der Waals surface area contributed by atoms with E-state index in [9.17, 15) is 0 Å². The summed E-state index contributed by atoms with van der Waals surface area (Å²) in [6.07, 6.45) is 2.07. The van der Waals surface area contributed by atoms with Crippen molar-refractivity contribution >= 4 is 22.9 Å². The summed E-state index contributed by atoms with van der Waals surface area (Å²) in [6.45, 7) is 2.03. The predicted molar refractivity (Wildman–Crippen MR) is 45.9 cm³/mol. The van der Waals surface area contributed by atoms with Gasteiger partial charge < -0.3 is 0 Å². The summed E-state index contributed by atoms with van der Waals surface area (Å²) in [5.74, 6) is 0. The maximum atomic E-state index is 5.69. The van der Waals surface area contributed by atoms with Gasteiger partial charge in [0.1, 0.15) is 0 Å². The molecule has 2 N–H and O–H groups in total. The first-order valence-electron chi connectivity index (χ1n) is 3.44. The Morgan fingerprint density at radius 2 is 2.27 bits per heavy atom. The van der Waals surface area contributed by atoms with Crippen molar-refractivity contribution in [1.29, 1.82) is 0 Å². The monoisotopic (exact) mass is 189 g/mol. The van der Waals surface area contributed by atoms with E-state index in [0.29, 0.717) is 4.47 Å². The van der Waals surface area contributed by atoms with Gasteiger partial charge in [-0.2, -0.15) is 0 Å². The molecule has 1 fully saturated rings. The fraction of sp³-hybridized carbons (Fsp3) is 0.500. The summed E-state index contributed by atoms with van der Waals surface area (Å²) in [7, 11) is 0. The topological polar surface area (TPSA) is 37.0 Å². The first-order valence-corrected chi connectivity index (χ1v) is 4.64. The van der Waals surface area contributed by atoms with Crippen molar-refractivity contribution in [3.63, 3.8) is 0 Å². The number of hydrogen-bond donors (Lipinski definition) is 2. The first-order chi connectivity index (χ1) is 5.36. The number of hydrogen-bond acceptors (Lipinski definition) is 4. The zero-order chi connectivity index (χ0) is 7.68. The van der Waals surface area contributed by atoms with Crippen LogP contribution >= 0.6 is 22.9 Å². The smallest absolute Gasteiger partial charge is 0.183 e. The molecule has 0 saturated carbocycles. The lowest BCUT2D eigenvalue weighted by atomic mass is 10.4. The lowest BCUT2D eigenvalue weighted by Crippen LogP contribution is -2.19. The van der Waals surface area contributed by atoms with Gasteiger partial charge in [-0.25, -0.2) is 4.98 Å². The molecule has 5 heteroatoms. The highest BCUT2D eigenvalue weighted by Gasteiger charge is 2.16. The van der Waals surface area contributed by atoms with Crippen LogP contribution in [0.15, 0.2) is 6.20 Å². The van der Waals surface area contributed by atoms with Gasteiger partial charge in [-0.15, -0.1) is 11.3 Å². The highest BCUT2D eigenvalue weighted by Crippen LogP contribution is 2.23. The Labute approximate surface area is 73.8 Å². The Hall–Kier alpha value is -0.160. The van der Waals surface area contributed by atoms with E-state index >= 15 is 0 Å². The van der Waals surface area contributed by atoms with Crippen molar-refractivity contribution in [1.82, 2.24) is 15.6 Å². The average molecular weight is 190 g/mol. The molecule has 3 nitrogen and oxygen atoms in total. The first kappa shape index (κ1) is 7.49. The highest BCUT2D eigenvalue weighted by atomic mass is 35.5. The third-order valence-electron chi connectivity index (χ3n) is 1.60. The van der Waals surface area contributed by atoms with Crippen LogP contribution in [0.1, 0.15) is 11.0 Å². The van der Waals surface area contributed by atoms with Crippen molar-refractivity contribution in [2.24, 2.45) is 0 Å². The molecule has 1 aliphatic rings. The molecular formula is C6H8ClN3S. The van der Waals surface area contributed by atoms with E-state index in [-0.39, 0.29) is 6.17 Å². The average Bonchev–Trinajstić information content (AvgIpc) is 2.55. The quantitative estimate of drug-likeness (QED) is 0.692. The van der Waals surface area contributed by atoms with Gasteiger partial charge in [0.2, 0.25) is 0 Å². The SMILES string of the molecule is Clc1ncc(C2NCCN2)s1. The molecule has 60 valence electrons. The molecule has 0 aliphatic carbocycles. The standard InChI is InChI=1S/C6H8ClN3S/c7-6-10-3-4(11-6)5-8-1-2-9-5/h3,5,8-9H,1-2H2. The number of nitrogens with one attached hydrogen (secondary N) is 2. The Morgan fingerprint density at radius 3 is 2.82 bits per heavy atom. The largest absolute Gasteiger partial charge is 0.296 e. The second kappa shape index (κ2) is 3.06. The zero-order valence-corrected chi connectivity index (χ0v) is 7.37. The van der Waals surface area contributed by atoms with Crippen LogP contribution in [0.25, 0.3) is 0 Å². The zero-order valence-electron chi connectivity index (χ0n) is 5.80. The van der Waals surface area contributed by atoms with Crippen LogP contribution in [0.2, 0.25) is 4.47 Å². The Balaban J connectivity index is 2.15. The number of halogens is 1. The second-order valence-electron chi connectivity index (χ2n) is 2.36. The van der Waals surface area contributed by atoms with Crippen molar-refractivity contribution < 1.29 is 0 Å². The maximum absolute atomic E-state index is 5.69. The summed E-state index contributed by atoms with van der Waals surface area (Å²) < 4.78 is 0.607. The molecule has 2 rings (SSSR count). The third-order valence-corrected chi connectivity index (χ3v) is 2.78. The van der Waals surface area contributed by atoms with Gasteiger partial charge in [-0.05, 0) is 0 Å². The molecule has 0 aromatic carbocycles. The van der Waals surface area contributed by atoms with Gasteiger partial charge in [0.05, 0.1) is 11.0 Å². The van der Waals surface area contributed by atoms with E-state index in [1.165, 1.54) is 11.3 Å². The van der Waals surface area contributed by atoms with Gasteiger partial charge in [0.15, 0.2) is 4.47 Å². The van der Waals surface area contributed by atoms with Gasteiger partial charge in [0.25, 0.3) is 0 Å². The van der Waals surface area contributed by atoms with Gasteiger partial charge in [0, 0.05) is 19.3 Å². The molecule has 0 atom stereocenters. The summed E-state index contributed by atoms with van der Waals surface area (Å²) in [4.78, 5) is 5.12. The molecule has 0 unspecified atom stereocenters. The van der Waals surface area contributed by atoms with Crippen LogP contribution in [0, 0.1) is 0 Å². The molecule has 0 bridgehead atoms. The predicted octanol–water partition coefficient (Wildman–Crippen LogP) is 0.988. The minimum absolute atomic E-state index is 0.264. The minimum atomic E-state index is 0.264. The number of thiazole rings is 1. The lowest BCUT2D eigenvalue weighted by molar-refractivity contribution is 0.598. The number of rotatable bonds is 1. The number of nitrogens with zero attached hydrogens (tertiary/aromatic N) is 1. The van der Waals surface area contributed by atoms with E-state index in [2.05, 4.69) is 15.6 Å². The summed E-state index contributed by atoms with van der Waals surface area (Å²) in [5.41, 5.74) is 0. The molecule has 1 aliphatic heterocycles. The van der Waals surface area contributed by atoms with E-state index in [4.69, 9.17) is 11.6 Å². The van der Waals surface area contributed by atoms with E-state index < -0.39 is 0 Å². The van der Waals surface area contributed by atoms with E-state index in [1.807, 2.05) is 6.20 Å². The Kier molecular flexibility index (Phi) is 2.09. The number of aromatic nitrogens is 1. The third kappa shape index (κ3) is 1.54. The van der Waals surface area contributed by atoms with Crippen LogP contribution in [0.4, 0.5) is 0 Å². The molecule has 2 heterocycles. The summed E-state index contributed by atoms with van der Waals surface area (Å²) in [6, 6.07) is 0. The molecular weight excluding hydrogens is 182 g/mol. The molecule has 0 radical (unpaired) electrons. The lowest BCUT2D eigenvalue weighted by Gasteiger charge is -2.05. The Morgan fingerprint density at radius 1 is 1.55 bits per heavy atom. The van der Waals surface area contributed by atoms with Crippen molar-refractivity contribution in [2.75, 3.05) is 13.1 Å². The van der Waals surface area contributed by atoms with Crippen LogP contribution in [-0.2, 0) is 0 Å². The van der Waals surface area contributed by atoms with Gasteiger partial charge in [-0.3, -0.25) is 10.6 Å². The fourth-order valence-electron chi connectivity index (χ4n) is 1.10. The molecule has 1 saturated heterocycles. The van der Waals surface area contributed by atoms with Crippen LogP contribution in [0.5, 0.6) is 0 Å². The molecule has 0 amide bonds. The summed E-state index contributed by atoms with van der Waals surface area (Å²) >= 11 is 7.21. The molecule has 1 aromatic rings. The van der Waals surface area contributed by atoms with Gasteiger partial charge >= 0.3 is 0 Å². The van der Waals surface area contributed by atoms with Crippen molar-refractivity contribution in [2.45, 2.75) is 6.17 Å². The minimum Gasteiger partial charge on any atom is -0.296 e. The molecule has 11 heavy (non-hydrogen) atoms. The van der Waals surface area contributed by atoms with Crippen molar-refractivity contribution in [3.8, 4) is 0 Å². The Bertz CT molecular complexity index is 244. The highest BCUT2D eigenvalue weighted by molar-refractivity contribution is 7.15. The van der Waals surface area contributed by atoms with Gasteiger partial charge in [-0.1, -0.05) is 11.6 Å². The van der Waals surface area contributed by atoms with Crippen molar-refractivity contribution in [3.05, 3.63) is 15.5 Å². The molecule has 1 aromatic heterocycles. The van der Waals surface area contributed by atoms with Crippen LogP contribution in [0.3, 0.4) is 0 Å².